The monoisotopic (exact) mass is 471 g/mol. The normalized spacial score (nSPS) is 11.2. The largest absolute Gasteiger partial charge is 0.383 e. The van der Waals surface area contributed by atoms with Crippen LogP contribution in [0.5, 0.6) is 0 Å². The van der Waals surface area contributed by atoms with Crippen LogP contribution in [-0.4, -0.2) is 42.9 Å². The molecule has 0 aliphatic rings. The molecule has 176 valence electrons. The van der Waals surface area contributed by atoms with E-state index >= 15 is 0 Å². The first-order chi connectivity index (χ1) is 15.8. The summed E-state index contributed by atoms with van der Waals surface area (Å²) < 4.78 is 1.27. The Morgan fingerprint density at radius 3 is 2.61 bits per heavy atom. The fourth-order valence-electron chi connectivity index (χ4n) is 3.22. The molecule has 10 nitrogen and oxygen atoms in total. The molecule has 1 aromatic carbocycles. The molecular weight excluding hydrogens is 442 g/mol. The predicted molar refractivity (Wildman–Crippen MR) is 130 cm³/mol. The zero-order valence-corrected chi connectivity index (χ0v) is 19.8. The van der Waals surface area contributed by atoms with E-state index in [4.69, 9.17) is 5.73 Å². The summed E-state index contributed by atoms with van der Waals surface area (Å²) in [5.74, 6) is 0.595. The van der Waals surface area contributed by atoms with Gasteiger partial charge in [0.25, 0.3) is 5.56 Å². The number of aromatic amines is 2. The summed E-state index contributed by atoms with van der Waals surface area (Å²) in [4.78, 5) is 46.5. The van der Waals surface area contributed by atoms with Crippen molar-refractivity contribution in [3.05, 3.63) is 62.6 Å². The number of hydrogen-bond acceptors (Lipinski definition) is 7. The van der Waals surface area contributed by atoms with Crippen molar-refractivity contribution < 1.29 is 4.79 Å². The van der Waals surface area contributed by atoms with E-state index in [1.807, 2.05) is 51.1 Å². The quantitative estimate of drug-likeness (QED) is 0.385. The van der Waals surface area contributed by atoms with Crippen LogP contribution in [0.4, 0.5) is 11.5 Å². The van der Waals surface area contributed by atoms with Gasteiger partial charge in [0.1, 0.15) is 11.6 Å². The van der Waals surface area contributed by atoms with Gasteiger partial charge in [0.2, 0.25) is 11.1 Å². The van der Waals surface area contributed by atoms with Crippen LogP contribution in [-0.2, 0) is 11.3 Å². The van der Waals surface area contributed by atoms with Gasteiger partial charge in [-0.2, -0.15) is 0 Å². The highest BCUT2D eigenvalue weighted by Gasteiger charge is 2.24. The zero-order chi connectivity index (χ0) is 24.0. The maximum Gasteiger partial charge on any atom is 0.330 e. The predicted octanol–water partition coefficient (Wildman–Crippen LogP) is 2.33. The Morgan fingerprint density at radius 1 is 1.24 bits per heavy atom. The Kier molecular flexibility index (Phi) is 8.10. The zero-order valence-electron chi connectivity index (χ0n) is 19.0. The second kappa shape index (κ2) is 11.0. The van der Waals surface area contributed by atoms with E-state index in [0.29, 0.717) is 18.1 Å². The molecular formula is C22H29N7O3S. The molecule has 1 amide bonds. The summed E-state index contributed by atoms with van der Waals surface area (Å²) in [6.45, 7) is 6.45. The van der Waals surface area contributed by atoms with Crippen LogP contribution in [0.15, 0.2) is 45.1 Å². The van der Waals surface area contributed by atoms with Gasteiger partial charge in [0, 0.05) is 12.5 Å². The van der Waals surface area contributed by atoms with Gasteiger partial charge in [0.05, 0.1) is 12.3 Å². The van der Waals surface area contributed by atoms with Crippen LogP contribution >= 0.6 is 11.8 Å². The van der Waals surface area contributed by atoms with E-state index in [9.17, 15) is 14.4 Å². The molecule has 0 aliphatic carbocycles. The first-order valence-electron chi connectivity index (χ1n) is 10.8. The molecule has 3 rings (SSSR count). The first-order valence-corrected chi connectivity index (χ1v) is 11.8. The van der Waals surface area contributed by atoms with Crippen molar-refractivity contribution in [1.82, 2.24) is 24.7 Å². The van der Waals surface area contributed by atoms with Crippen molar-refractivity contribution in [1.29, 1.82) is 0 Å². The number of aromatic nitrogens is 5. The van der Waals surface area contributed by atoms with Gasteiger partial charge in [-0.1, -0.05) is 69.3 Å². The third-order valence-electron chi connectivity index (χ3n) is 5.06. The van der Waals surface area contributed by atoms with Gasteiger partial charge >= 0.3 is 5.69 Å². The van der Waals surface area contributed by atoms with E-state index in [0.717, 1.165) is 17.8 Å². The molecule has 0 fully saturated rings. The SMILES string of the molecule is CCCCN(C(=O)CSc1n[nH]c(C(C)C)n1)c1c(N)n(Cc2ccccc2)c(=O)[nH]c1=O. The minimum atomic E-state index is -0.684. The Balaban J connectivity index is 1.90. The van der Waals surface area contributed by atoms with Crippen molar-refractivity contribution in [3.63, 3.8) is 0 Å². The number of nitrogens with zero attached hydrogens (tertiary/aromatic N) is 4. The molecule has 0 radical (unpaired) electrons. The number of rotatable bonds is 10. The van der Waals surface area contributed by atoms with Crippen LogP contribution < -0.4 is 21.9 Å². The maximum atomic E-state index is 13.2. The molecule has 0 bridgehead atoms. The highest BCUT2D eigenvalue weighted by atomic mass is 32.2. The molecule has 11 heteroatoms. The number of H-pyrrole nitrogens is 2. The molecule has 4 N–H and O–H groups in total. The lowest BCUT2D eigenvalue weighted by atomic mass is 10.2. The molecule has 0 saturated carbocycles. The maximum absolute atomic E-state index is 13.2. The average Bonchev–Trinajstić information content (AvgIpc) is 3.27. The van der Waals surface area contributed by atoms with E-state index in [1.54, 1.807) is 0 Å². The van der Waals surface area contributed by atoms with E-state index in [-0.39, 0.29) is 35.6 Å². The van der Waals surface area contributed by atoms with Crippen LogP contribution in [0, 0.1) is 0 Å². The third-order valence-corrected chi connectivity index (χ3v) is 5.89. The number of nitrogens with one attached hydrogen (secondary N) is 2. The number of carbonyl (C=O) groups excluding carboxylic acids is 1. The molecule has 2 heterocycles. The molecule has 0 saturated heterocycles. The summed E-state index contributed by atoms with van der Waals surface area (Å²) in [5.41, 5.74) is 5.83. The second-order valence-electron chi connectivity index (χ2n) is 7.91. The van der Waals surface area contributed by atoms with Gasteiger partial charge in [0.15, 0.2) is 5.69 Å². The van der Waals surface area contributed by atoms with Crippen LogP contribution in [0.2, 0.25) is 0 Å². The number of unbranched alkanes of at least 4 members (excludes halogenated alkanes) is 1. The lowest BCUT2D eigenvalue weighted by Gasteiger charge is -2.24. The number of anilines is 2. The molecule has 0 atom stereocenters. The number of thioether (sulfide) groups is 1. The van der Waals surface area contributed by atoms with Gasteiger partial charge in [-0.25, -0.2) is 9.78 Å². The van der Waals surface area contributed by atoms with Crippen LogP contribution in [0.3, 0.4) is 0 Å². The highest BCUT2D eigenvalue weighted by Crippen LogP contribution is 2.22. The highest BCUT2D eigenvalue weighted by molar-refractivity contribution is 7.99. The number of carbonyl (C=O) groups is 1. The number of hydrogen-bond donors (Lipinski definition) is 3. The number of benzene rings is 1. The topological polar surface area (TPSA) is 143 Å². The van der Waals surface area contributed by atoms with E-state index in [2.05, 4.69) is 20.2 Å². The smallest absolute Gasteiger partial charge is 0.330 e. The van der Waals surface area contributed by atoms with Crippen molar-refractivity contribution in [2.75, 3.05) is 22.9 Å². The average molecular weight is 472 g/mol. The lowest BCUT2D eigenvalue weighted by Crippen LogP contribution is -2.42. The molecule has 0 aliphatic heterocycles. The summed E-state index contributed by atoms with van der Waals surface area (Å²) in [6.07, 6.45) is 1.49. The van der Waals surface area contributed by atoms with Gasteiger partial charge in [-0.15, -0.1) is 5.10 Å². The fraction of sp³-hybridized carbons (Fsp3) is 0.409. The van der Waals surface area contributed by atoms with Crippen molar-refractivity contribution in [2.45, 2.75) is 51.2 Å². The minimum absolute atomic E-state index is 0.0116. The second-order valence-corrected chi connectivity index (χ2v) is 8.85. The molecule has 0 spiro atoms. The molecule has 3 aromatic rings. The summed E-state index contributed by atoms with van der Waals surface area (Å²) in [6, 6.07) is 9.29. The van der Waals surface area contributed by atoms with E-state index in [1.165, 1.54) is 21.2 Å². The van der Waals surface area contributed by atoms with Crippen molar-refractivity contribution in [3.8, 4) is 0 Å². The van der Waals surface area contributed by atoms with E-state index < -0.39 is 11.2 Å². The van der Waals surface area contributed by atoms with Crippen LogP contribution in [0.25, 0.3) is 0 Å². The molecule has 33 heavy (non-hydrogen) atoms. The molecule has 0 unspecified atom stereocenters. The number of nitrogen functional groups attached to an aromatic ring is 1. The molecule has 2 aromatic heterocycles. The first kappa shape index (κ1) is 24.3. The van der Waals surface area contributed by atoms with Crippen molar-refractivity contribution in [2.24, 2.45) is 0 Å². The Hall–Kier alpha value is -3.34. The number of nitrogens with two attached hydrogens (primary N) is 1. The Morgan fingerprint density at radius 2 is 1.97 bits per heavy atom. The summed E-state index contributed by atoms with van der Waals surface area (Å²) >= 11 is 1.18. The minimum Gasteiger partial charge on any atom is -0.383 e. The van der Waals surface area contributed by atoms with Crippen molar-refractivity contribution >= 4 is 29.2 Å². The summed E-state index contributed by atoms with van der Waals surface area (Å²) in [5, 5.41) is 7.45. The standard InChI is InChI=1S/C22H29N7O3S/c1-4-5-11-28(16(30)13-33-21-24-19(14(2)3)26-27-21)17-18(23)29(22(32)25-20(17)31)12-15-9-7-6-8-10-15/h6-10,14H,4-5,11-13,23H2,1-3H3,(H,24,26,27)(H,25,31,32). The summed E-state index contributed by atoms with van der Waals surface area (Å²) in [7, 11) is 0. The lowest BCUT2D eigenvalue weighted by molar-refractivity contribution is -0.116. The third kappa shape index (κ3) is 5.92. The Bertz CT molecular complexity index is 1200. The van der Waals surface area contributed by atoms with Gasteiger partial charge in [-0.05, 0) is 12.0 Å². The van der Waals surface area contributed by atoms with Gasteiger partial charge < -0.3 is 10.6 Å². The number of amides is 1. The Labute approximate surface area is 195 Å². The van der Waals surface area contributed by atoms with Crippen LogP contribution in [0.1, 0.15) is 50.9 Å². The van der Waals surface area contributed by atoms with Gasteiger partial charge in [-0.3, -0.25) is 24.2 Å². The fourth-order valence-corrected chi connectivity index (χ4v) is 3.91.